The first-order valence-corrected chi connectivity index (χ1v) is 20.8. The van der Waals surface area contributed by atoms with Crippen LogP contribution in [-0.4, -0.2) is 181 Å². The summed E-state index contributed by atoms with van der Waals surface area (Å²) >= 11 is 0. The zero-order valence-electron chi connectivity index (χ0n) is 33.5. The lowest BCUT2D eigenvalue weighted by atomic mass is 9.45. The van der Waals surface area contributed by atoms with E-state index in [2.05, 4.69) is 19.9 Å². The Morgan fingerprint density at radius 1 is 0.719 bits per heavy atom. The van der Waals surface area contributed by atoms with Crippen LogP contribution in [0.5, 0.6) is 0 Å². The summed E-state index contributed by atoms with van der Waals surface area (Å²) in [4.78, 5) is 0. The average Bonchev–Trinajstić information content (AvgIpc) is 3.47. The summed E-state index contributed by atoms with van der Waals surface area (Å²) in [6.07, 6.45) is -11.8. The van der Waals surface area contributed by atoms with Gasteiger partial charge in [0.15, 0.2) is 18.9 Å². The number of hydrogen-bond acceptors (Lipinski definition) is 17. The van der Waals surface area contributed by atoms with Gasteiger partial charge in [0.2, 0.25) is 0 Å². The number of allylic oxidation sites excluding steroid dienone is 1. The Morgan fingerprint density at radius 3 is 1.96 bits per heavy atom. The quantitative estimate of drug-likeness (QED) is 0.113. The molecule has 3 saturated heterocycles. The molecular formula is C40H66O17. The summed E-state index contributed by atoms with van der Waals surface area (Å²) in [5.41, 5.74) is -0.357. The fourth-order valence-corrected chi connectivity index (χ4v) is 12.1. The second-order valence-corrected chi connectivity index (χ2v) is 18.4. The monoisotopic (exact) mass is 818 g/mol. The fourth-order valence-electron chi connectivity index (χ4n) is 12.1. The summed E-state index contributed by atoms with van der Waals surface area (Å²) in [5.74, 6) is 0.173. The van der Waals surface area contributed by atoms with Crippen LogP contribution >= 0.6 is 0 Å². The maximum Gasteiger partial charge on any atom is 0.187 e. The third-order valence-electron chi connectivity index (χ3n) is 15.6. The van der Waals surface area contributed by atoms with Crippen LogP contribution in [-0.2, 0) is 33.2 Å². The molecule has 0 aromatic rings. The summed E-state index contributed by atoms with van der Waals surface area (Å²) in [7, 11) is 1.41. The highest BCUT2D eigenvalue weighted by atomic mass is 16.7. The Balaban J connectivity index is 0.990. The molecule has 0 aromatic heterocycles. The molecule has 10 N–H and O–H groups in total. The van der Waals surface area contributed by atoms with Gasteiger partial charge >= 0.3 is 0 Å². The fraction of sp³-hybridized carbons (Fsp3) is 0.950. The van der Waals surface area contributed by atoms with E-state index in [1.165, 1.54) is 12.7 Å². The van der Waals surface area contributed by atoms with Gasteiger partial charge in [-0.05, 0) is 88.4 Å². The first-order chi connectivity index (χ1) is 26.9. The molecular weight excluding hydrogens is 752 g/mol. The van der Waals surface area contributed by atoms with Gasteiger partial charge in [-0.2, -0.15) is 0 Å². The van der Waals surface area contributed by atoms with E-state index in [1.807, 2.05) is 6.92 Å². The van der Waals surface area contributed by atoms with Crippen LogP contribution in [0.15, 0.2) is 11.6 Å². The van der Waals surface area contributed by atoms with Crippen molar-refractivity contribution in [3.63, 3.8) is 0 Å². The lowest BCUT2D eigenvalue weighted by molar-refractivity contribution is -0.361. The molecule has 17 heteroatoms. The molecule has 57 heavy (non-hydrogen) atoms. The van der Waals surface area contributed by atoms with Crippen LogP contribution < -0.4 is 0 Å². The number of aliphatic hydroxyl groups excluding tert-OH is 9. The van der Waals surface area contributed by atoms with Crippen molar-refractivity contribution >= 4 is 0 Å². The van der Waals surface area contributed by atoms with Crippen LogP contribution in [0.4, 0.5) is 0 Å². The SMILES string of the molecule is CO[C@@H]1[C@@H](O)[C@H](O[C@H]2CC[C@@]3(C)C(=CC[C@@H]4[C@@H]3CC[C@]3(C)[C@@H]([C@H](C)O[C@@H]5O[C@H](CO)[C@@H](O)[C@H](O)[C@H]5O)CC[C@]43O)C2)O[C@H](C)[C@@H]1O[C@@H]1O[C@H](CO)[C@@H](O)[C@H](O)[C@H]1O. The maximum absolute atomic E-state index is 12.7. The Kier molecular flexibility index (Phi) is 13.0. The second-order valence-electron chi connectivity index (χ2n) is 18.4. The molecule has 0 amide bonds. The molecule has 0 unspecified atom stereocenters. The van der Waals surface area contributed by atoms with Crippen molar-refractivity contribution in [3.05, 3.63) is 11.6 Å². The molecule has 0 spiro atoms. The lowest BCUT2D eigenvalue weighted by Crippen LogP contribution is -2.64. The molecule has 23 atom stereocenters. The lowest BCUT2D eigenvalue weighted by Gasteiger charge is -2.61. The Bertz CT molecular complexity index is 1420. The minimum atomic E-state index is -1.63. The highest BCUT2D eigenvalue weighted by molar-refractivity contribution is 5.28. The van der Waals surface area contributed by atoms with Crippen LogP contribution in [0.1, 0.15) is 79.1 Å². The predicted molar refractivity (Wildman–Crippen MR) is 196 cm³/mol. The van der Waals surface area contributed by atoms with Crippen LogP contribution in [0.25, 0.3) is 0 Å². The Labute approximate surface area is 333 Å². The molecule has 17 nitrogen and oxygen atoms in total. The van der Waals surface area contributed by atoms with E-state index in [0.717, 1.165) is 19.3 Å². The normalized spacial score (nSPS) is 54.6. The van der Waals surface area contributed by atoms with Gasteiger partial charge in [-0.1, -0.05) is 25.5 Å². The van der Waals surface area contributed by atoms with Crippen molar-refractivity contribution in [2.45, 2.75) is 189 Å². The first-order valence-electron chi connectivity index (χ1n) is 20.8. The van der Waals surface area contributed by atoms with E-state index < -0.39 is 122 Å². The number of fused-ring (bicyclic) bond motifs is 5. The van der Waals surface area contributed by atoms with E-state index in [4.69, 9.17) is 33.2 Å². The third-order valence-corrected chi connectivity index (χ3v) is 15.6. The summed E-state index contributed by atoms with van der Waals surface area (Å²) < 4.78 is 41.7. The molecule has 0 bridgehead atoms. The molecule has 0 aromatic carbocycles. The van der Waals surface area contributed by atoms with Crippen LogP contribution in [0, 0.1) is 28.6 Å². The number of methoxy groups -OCH3 is 1. The molecule has 328 valence electrons. The van der Waals surface area contributed by atoms with E-state index in [-0.39, 0.29) is 29.3 Å². The number of rotatable bonds is 10. The van der Waals surface area contributed by atoms with Crippen molar-refractivity contribution in [1.29, 1.82) is 0 Å². The van der Waals surface area contributed by atoms with Crippen molar-refractivity contribution in [1.82, 2.24) is 0 Å². The zero-order valence-corrected chi connectivity index (χ0v) is 33.5. The van der Waals surface area contributed by atoms with Crippen molar-refractivity contribution in [2.24, 2.45) is 28.6 Å². The van der Waals surface area contributed by atoms with Gasteiger partial charge in [-0.3, -0.25) is 0 Å². The van der Waals surface area contributed by atoms with E-state index in [1.54, 1.807) is 6.92 Å². The molecule has 4 aliphatic carbocycles. The van der Waals surface area contributed by atoms with Crippen molar-refractivity contribution in [3.8, 4) is 0 Å². The minimum absolute atomic E-state index is 0.0133. The number of ether oxygens (including phenoxy) is 7. The number of aliphatic hydroxyl groups is 10. The largest absolute Gasteiger partial charge is 0.394 e. The summed E-state index contributed by atoms with van der Waals surface area (Å²) in [5, 5.41) is 106. The van der Waals surface area contributed by atoms with E-state index in [9.17, 15) is 51.1 Å². The number of hydrogen-bond donors (Lipinski definition) is 10. The molecule has 3 saturated carbocycles. The highest BCUT2D eigenvalue weighted by Crippen LogP contribution is 2.68. The van der Waals surface area contributed by atoms with Gasteiger partial charge in [0.1, 0.15) is 67.1 Å². The smallest absolute Gasteiger partial charge is 0.187 e. The topological polar surface area (TPSA) is 267 Å². The summed E-state index contributed by atoms with van der Waals surface area (Å²) in [6, 6.07) is 0. The molecule has 7 rings (SSSR count). The second kappa shape index (κ2) is 16.7. The van der Waals surface area contributed by atoms with Crippen molar-refractivity contribution in [2.75, 3.05) is 20.3 Å². The van der Waals surface area contributed by atoms with Gasteiger partial charge < -0.3 is 84.2 Å². The van der Waals surface area contributed by atoms with Crippen molar-refractivity contribution < 1.29 is 84.2 Å². The summed E-state index contributed by atoms with van der Waals surface area (Å²) in [6.45, 7) is 6.89. The van der Waals surface area contributed by atoms with Gasteiger partial charge in [0.05, 0.1) is 37.1 Å². The van der Waals surface area contributed by atoms with E-state index in [0.29, 0.717) is 32.1 Å². The first kappa shape index (κ1) is 44.1. The zero-order chi connectivity index (χ0) is 41.4. The highest BCUT2D eigenvalue weighted by Gasteiger charge is 2.67. The molecule has 3 heterocycles. The molecule has 7 aliphatic rings. The average molecular weight is 819 g/mol. The van der Waals surface area contributed by atoms with Gasteiger partial charge in [-0.25, -0.2) is 0 Å². The van der Waals surface area contributed by atoms with Crippen LogP contribution in [0.3, 0.4) is 0 Å². The van der Waals surface area contributed by atoms with Gasteiger partial charge in [-0.15, -0.1) is 0 Å². The Hall–Kier alpha value is -0.940. The maximum atomic E-state index is 12.7. The molecule has 6 fully saturated rings. The van der Waals surface area contributed by atoms with Gasteiger partial charge in [0.25, 0.3) is 0 Å². The predicted octanol–water partition coefficient (Wildman–Crippen LogP) is -1.42. The molecule has 3 aliphatic heterocycles. The van der Waals surface area contributed by atoms with Gasteiger partial charge in [0, 0.05) is 12.5 Å². The minimum Gasteiger partial charge on any atom is -0.394 e. The molecule has 0 radical (unpaired) electrons. The standard InChI is InChI=1S/C40H66O17/c1-17(52-35-30(47)28(45)26(43)24(15-41)55-35)21-10-13-40(50)23-7-6-19-14-20(8-11-38(19,3)22(23)9-12-39(21,40)4)54-37-32(49)34(51-5)33(18(2)53-37)57-36-31(48)29(46)27(44)25(16-42)56-36/h6,17-18,20-37,41-50H,7-16H2,1-5H3/t17-,18+,20-,21+,22-,23+,24+,25+,26+,27+,28-,29-,30+,31+,32+,33-,34+,35+,36-,37-,38-,39+,40-/m0/s1. The van der Waals surface area contributed by atoms with E-state index >= 15 is 0 Å². The van der Waals surface area contributed by atoms with Crippen LogP contribution in [0.2, 0.25) is 0 Å². The Morgan fingerprint density at radius 2 is 1.33 bits per heavy atom. The third kappa shape index (κ3) is 7.37.